The molecule has 0 radical (unpaired) electrons. The first kappa shape index (κ1) is 22.2. The minimum atomic E-state index is -4.85. The number of hydrogen-bond donors (Lipinski definition) is 1. The van der Waals surface area contributed by atoms with Crippen molar-refractivity contribution in [2.75, 3.05) is 16.7 Å². The quantitative estimate of drug-likeness (QED) is 0.651. The lowest BCUT2D eigenvalue weighted by Gasteiger charge is -2.32. The summed E-state index contributed by atoms with van der Waals surface area (Å²) >= 11 is 3.19. The number of fused-ring (bicyclic) bond motifs is 1. The number of carbonyl (C=O) groups excluding carboxylic acids is 1. The van der Waals surface area contributed by atoms with Gasteiger partial charge in [0.05, 0.1) is 5.69 Å². The maximum Gasteiger partial charge on any atom is 0.573 e. The van der Waals surface area contributed by atoms with Crippen LogP contribution in [0.1, 0.15) is 13.3 Å². The Labute approximate surface area is 178 Å². The molecule has 1 amide bonds. The first-order chi connectivity index (χ1) is 13.9. The van der Waals surface area contributed by atoms with E-state index >= 15 is 0 Å². The van der Waals surface area contributed by atoms with E-state index < -0.39 is 28.2 Å². The molecule has 1 aliphatic rings. The van der Waals surface area contributed by atoms with Crippen LogP contribution in [0.15, 0.2) is 45.8 Å². The molecule has 162 valence electrons. The number of likely N-dealkylation sites (N-methyl/N-ethyl adjacent to an activating group) is 1. The van der Waals surface area contributed by atoms with Crippen LogP contribution in [0, 0.1) is 0 Å². The van der Waals surface area contributed by atoms with Gasteiger partial charge in [-0.2, -0.15) is 0 Å². The summed E-state index contributed by atoms with van der Waals surface area (Å²) in [6.45, 7) is 1.77. The summed E-state index contributed by atoms with van der Waals surface area (Å²) in [6.07, 6.45) is -5.17. The Morgan fingerprint density at radius 1 is 1.23 bits per heavy atom. The number of nitrogens with one attached hydrogen (secondary N) is 1. The molecule has 12 heteroatoms. The highest BCUT2D eigenvalue weighted by atomic mass is 79.9. The Morgan fingerprint density at radius 3 is 2.43 bits per heavy atom. The van der Waals surface area contributed by atoms with Gasteiger partial charge in [0.15, 0.2) is 6.10 Å². The number of ether oxygens (including phenoxy) is 2. The average molecular weight is 509 g/mol. The molecule has 0 aliphatic carbocycles. The van der Waals surface area contributed by atoms with Gasteiger partial charge in [-0.15, -0.1) is 13.2 Å². The van der Waals surface area contributed by atoms with Gasteiger partial charge in [-0.3, -0.25) is 9.52 Å². The standard InChI is InChI=1S/C18H16BrF3N2O5S/c1-3-14-17(25)24(2)13-8-12(19)16(9-15(13)28-14)30(26,27)23-10-4-6-11(7-5-10)29-18(20,21)22/h4-9,14,23H,3H2,1-2H3. The van der Waals surface area contributed by atoms with Crippen LogP contribution in [-0.4, -0.2) is 33.8 Å². The number of sulfonamides is 1. The Hall–Kier alpha value is -2.47. The van der Waals surface area contributed by atoms with E-state index in [0.29, 0.717) is 12.1 Å². The SMILES string of the molecule is CCC1Oc2cc(S(=O)(=O)Nc3ccc(OC(F)(F)F)cc3)c(Br)cc2N(C)C1=O. The Morgan fingerprint density at radius 2 is 1.87 bits per heavy atom. The van der Waals surface area contributed by atoms with Crippen molar-refractivity contribution in [1.82, 2.24) is 0 Å². The molecule has 1 heterocycles. The summed E-state index contributed by atoms with van der Waals surface area (Å²) in [7, 11) is -2.56. The second-order valence-corrected chi connectivity index (χ2v) is 8.85. The van der Waals surface area contributed by atoms with E-state index in [-0.39, 0.29) is 26.7 Å². The van der Waals surface area contributed by atoms with Crippen LogP contribution in [-0.2, 0) is 14.8 Å². The summed E-state index contributed by atoms with van der Waals surface area (Å²) in [6, 6.07) is 7.00. The number of halogens is 4. The Bertz CT molecular complexity index is 1070. The predicted molar refractivity (Wildman–Crippen MR) is 106 cm³/mol. The van der Waals surface area contributed by atoms with Gasteiger partial charge in [-0.1, -0.05) is 6.92 Å². The smallest absolute Gasteiger partial charge is 0.478 e. The number of nitrogens with zero attached hydrogens (tertiary/aromatic N) is 1. The first-order valence-corrected chi connectivity index (χ1v) is 10.9. The zero-order valence-electron chi connectivity index (χ0n) is 15.7. The molecule has 0 spiro atoms. The Balaban J connectivity index is 1.89. The van der Waals surface area contributed by atoms with Crippen LogP contribution in [0.3, 0.4) is 0 Å². The van der Waals surface area contributed by atoms with Gasteiger partial charge < -0.3 is 14.4 Å². The van der Waals surface area contributed by atoms with Crippen molar-refractivity contribution >= 4 is 43.2 Å². The summed E-state index contributed by atoms with van der Waals surface area (Å²) in [4.78, 5) is 13.5. The van der Waals surface area contributed by atoms with Crippen LogP contribution in [0.2, 0.25) is 0 Å². The average Bonchev–Trinajstić information content (AvgIpc) is 2.65. The van der Waals surface area contributed by atoms with Crippen molar-refractivity contribution in [3.05, 3.63) is 40.9 Å². The van der Waals surface area contributed by atoms with E-state index in [1.165, 1.54) is 17.0 Å². The van der Waals surface area contributed by atoms with Gasteiger partial charge in [0.2, 0.25) is 0 Å². The third-order valence-corrected chi connectivity index (χ3v) is 6.59. The molecule has 0 saturated heterocycles. The molecule has 0 fully saturated rings. The molecular formula is C18H16BrF3N2O5S. The molecular weight excluding hydrogens is 493 g/mol. The highest BCUT2D eigenvalue weighted by Gasteiger charge is 2.33. The lowest BCUT2D eigenvalue weighted by atomic mass is 10.1. The third kappa shape index (κ3) is 4.64. The number of hydrogen-bond acceptors (Lipinski definition) is 5. The number of rotatable bonds is 5. The summed E-state index contributed by atoms with van der Waals surface area (Å²) in [5, 5.41) is 0. The lowest BCUT2D eigenvalue weighted by molar-refractivity contribution is -0.274. The molecule has 1 atom stereocenters. The largest absolute Gasteiger partial charge is 0.573 e. The number of carbonyl (C=O) groups is 1. The van der Waals surface area contributed by atoms with Gasteiger partial charge in [0.25, 0.3) is 15.9 Å². The normalized spacial score (nSPS) is 16.7. The highest BCUT2D eigenvalue weighted by Crippen LogP contribution is 2.40. The summed E-state index contributed by atoms with van der Waals surface area (Å²) in [5.74, 6) is -0.500. The van der Waals surface area contributed by atoms with E-state index in [0.717, 1.165) is 24.3 Å². The predicted octanol–water partition coefficient (Wildman–Crippen LogP) is 4.28. The molecule has 3 rings (SSSR count). The van der Waals surface area contributed by atoms with Crippen molar-refractivity contribution in [2.24, 2.45) is 0 Å². The van der Waals surface area contributed by atoms with Crippen LogP contribution in [0.25, 0.3) is 0 Å². The van der Waals surface area contributed by atoms with Crippen molar-refractivity contribution in [3.8, 4) is 11.5 Å². The molecule has 0 bridgehead atoms. The molecule has 30 heavy (non-hydrogen) atoms. The fraction of sp³-hybridized carbons (Fsp3) is 0.278. The van der Waals surface area contributed by atoms with Gasteiger partial charge in [-0.05, 0) is 52.7 Å². The fourth-order valence-corrected chi connectivity index (χ4v) is 4.92. The van der Waals surface area contributed by atoms with Crippen LogP contribution < -0.4 is 19.1 Å². The molecule has 7 nitrogen and oxygen atoms in total. The van der Waals surface area contributed by atoms with Gasteiger partial charge in [0.1, 0.15) is 16.4 Å². The number of alkyl halides is 3. The Kier molecular flexibility index (Phi) is 5.92. The molecule has 1 aliphatic heterocycles. The zero-order valence-corrected chi connectivity index (χ0v) is 18.1. The summed E-state index contributed by atoms with van der Waals surface area (Å²) in [5.41, 5.74) is 0.443. The fourth-order valence-electron chi connectivity index (χ4n) is 2.82. The molecule has 0 aromatic heterocycles. The first-order valence-electron chi connectivity index (χ1n) is 8.57. The minimum Gasteiger partial charge on any atom is -0.478 e. The minimum absolute atomic E-state index is 0.0359. The van der Waals surface area contributed by atoms with Gasteiger partial charge >= 0.3 is 6.36 Å². The topological polar surface area (TPSA) is 84.9 Å². The summed E-state index contributed by atoms with van der Waals surface area (Å²) < 4.78 is 74.3. The van der Waals surface area contributed by atoms with Crippen molar-refractivity contribution in [2.45, 2.75) is 30.7 Å². The maximum atomic E-state index is 12.8. The maximum absolute atomic E-state index is 12.8. The van der Waals surface area contributed by atoms with Crippen molar-refractivity contribution in [3.63, 3.8) is 0 Å². The van der Waals surface area contributed by atoms with E-state index in [1.54, 1.807) is 14.0 Å². The molecule has 2 aromatic carbocycles. The molecule has 1 unspecified atom stereocenters. The third-order valence-electron chi connectivity index (χ3n) is 4.25. The van der Waals surface area contributed by atoms with E-state index in [1.807, 2.05) is 0 Å². The number of amides is 1. The second kappa shape index (κ2) is 7.99. The number of benzene rings is 2. The van der Waals surface area contributed by atoms with Gasteiger partial charge in [-0.25, -0.2) is 8.42 Å². The van der Waals surface area contributed by atoms with E-state index in [9.17, 15) is 26.4 Å². The molecule has 0 saturated carbocycles. The van der Waals surface area contributed by atoms with E-state index in [4.69, 9.17) is 4.74 Å². The van der Waals surface area contributed by atoms with Crippen LogP contribution >= 0.6 is 15.9 Å². The van der Waals surface area contributed by atoms with E-state index in [2.05, 4.69) is 25.4 Å². The van der Waals surface area contributed by atoms with Crippen LogP contribution in [0.4, 0.5) is 24.5 Å². The second-order valence-electron chi connectivity index (χ2n) is 6.34. The van der Waals surface area contributed by atoms with Crippen molar-refractivity contribution in [1.29, 1.82) is 0 Å². The monoisotopic (exact) mass is 508 g/mol. The molecule has 2 aromatic rings. The molecule has 1 N–H and O–H groups in total. The van der Waals surface area contributed by atoms with Crippen molar-refractivity contribution < 1.29 is 35.9 Å². The lowest BCUT2D eigenvalue weighted by Crippen LogP contribution is -2.43. The zero-order chi connectivity index (χ0) is 22.3. The highest BCUT2D eigenvalue weighted by molar-refractivity contribution is 9.10. The number of anilines is 2. The van der Waals surface area contributed by atoms with Gasteiger partial charge in [0, 0.05) is 23.3 Å². The van der Waals surface area contributed by atoms with Crippen LogP contribution in [0.5, 0.6) is 11.5 Å².